The average Bonchev–Trinajstić information content (AvgIpc) is 2.84. The van der Waals surface area contributed by atoms with Crippen LogP contribution >= 0.6 is 0 Å². The van der Waals surface area contributed by atoms with E-state index in [1.54, 1.807) is 0 Å². The summed E-state index contributed by atoms with van der Waals surface area (Å²) in [4.78, 5) is 12.1. The molecule has 0 spiro atoms. The monoisotopic (exact) mass is 216 g/mol. The molecule has 0 unspecified atom stereocenters. The second-order valence-electron chi connectivity index (χ2n) is 4.83. The Kier molecular flexibility index (Phi) is 2.01. The SMILES string of the molecule is Cc1cnc2nc(C3(N)CCCC3)[nH]c2c1. The smallest absolute Gasteiger partial charge is 0.177 e. The maximum atomic E-state index is 6.36. The number of imidazole rings is 1. The first-order valence-electron chi connectivity index (χ1n) is 5.79. The molecule has 16 heavy (non-hydrogen) atoms. The second kappa shape index (κ2) is 3.28. The Bertz CT molecular complexity index is 523. The Hall–Kier alpha value is -1.42. The molecule has 0 bridgehead atoms. The van der Waals surface area contributed by atoms with Gasteiger partial charge in [0.05, 0.1) is 11.1 Å². The highest BCUT2D eigenvalue weighted by molar-refractivity contribution is 5.71. The molecule has 0 saturated heterocycles. The van der Waals surface area contributed by atoms with E-state index in [-0.39, 0.29) is 5.54 Å². The van der Waals surface area contributed by atoms with Gasteiger partial charge in [0.25, 0.3) is 0 Å². The van der Waals surface area contributed by atoms with Crippen LogP contribution in [0.2, 0.25) is 0 Å². The fourth-order valence-corrected chi connectivity index (χ4v) is 2.48. The van der Waals surface area contributed by atoms with Gasteiger partial charge in [0.1, 0.15) is 5.82 Å². The number of nitrogens with zero attached hydrogens (tertiary/aromatic N) is 2. The first-order chi connectivity index (χ1) is 7.67. The molecule has 3 rings (SSSR count). The number of aryl methyl sites for hydroxylation is 1. The fourth-order valence-electron chi connectivity index (χ4n) is 2.48. The van der Waals surface area contributed by atoms with E-state index in [9.17, 15) is 0 Å². The molecule has 0 atom stereocenters. The quantitative estimate of drug-likeness (QED) is 0.766. The lowest BCUT2D eigenvalue weighted by atomic mass is 9.99. The highest BCUT2D eigenvalue weighted by atomic mass is 15.0. The fraction of sp³-hybridized carbons (Fsp3) is 0.500. The Morgan fingerprint density at radius 3 is 2.88 bits per heavy atom. The average molecular weight is 216 g/mol. The van der Waals surface area contributed by atoms with Crippen LogP contribution in [-0.2, 0) is 5.54 Å². The van der Waals surface area contributed by atoms with Crippen LogP contribution in [0.1, 0.15) is 37.1 Å². The number of nitrogens with two attached hydrogens (primary N) is 1. The molecule has 2 heterocycles. The standard InChI is InChI=1S/C12H16N4/c1-8-6-9-10(14-7-8)16-11(15-9)12(13)4-2-3-5-12/h6-7H,2-5,13H2,1H3,(H,14,15,16). The van der Waals surface area contributed by atoms with Crippen molar-refractivity contribution in [3.8, 4) is 0 Å². The number of H-pyrrole nitrogens is 1. The minimum Gasteiger partial charge on any atom is -0.339 e. The van der Waals surface area contributed by atoms with Crippen molar-refractivity contribution in [3.05, 3.63) is 23.7 Å². The number of aromatic nitrogens is 3. The Morgan fingerprint density at radius 1 is 1.38 bits per heavy atom. The molecule has 1 saturated carbocycles. The van der Waals surface area contributed by atoms with E-state index in [0.29, 0.717) is 0 Å². The summed E-state index contributed by atoms with van der Waals surface area (Å²) in [6.45, 7) is 2.03. The van der Waals surface area contributed by atoms with Crippen molar-refractivity contribution >= 4 is 11.2 Å². The first-order valence-corrected chi connectivity index (χ1v) is 5.79. The highest BCUT2D eigenvalue weighted by Crippen LogP contribution is 2.35. The molecular formula is C12H16N4. The number of aromatic amines is 1. The number of nitrogens with one attached hydrogen (secondary N) is 1. The number of hydrogen-bond donors (Lipinski definition) is 2. The van der Waals surface area contributed by atoms with Crippen molar-refractivity contribution in [1.29, 1.82) is 0 Å². The number of hydrogen-bond acceptors (Lipinski definition) is 3. The van der Waals surface area contributed by atoms with Crippen LogP contribution < -0.4 is 5.73 Å². The van der Waals surface area contributed by atoms with Gasteiger partial charge in [-0.05, 0) is 31.4 Å². The number of fused-ring (bicyclic) bond motifs is 1. The summed E-state index contributed by atoms with van der Waals surface area (Å²) in [5, 5.41) is 0. The Labute approximate surface area is 94.3 Å². The van der Waals surface area contributed by atoms with Crippen LogP contribution in [0.4, 0.5) is 0 Å². The molecule has 0 aliphatic heterocycles. The van der Waals surface area contributed by atoms with Crippen LogP contribution in [-0.4, -0.2) is 15.0 Å². The summed E-state index contributed by atoms with van der Waals surface area (Å²) in [7, 11) is 0. The van der Waals surface area contributed by atoms with Gasteiger partial charge in [-0.3, -0.25) is 0 Å². The first kappa shape index (κ1) is 9.78. The van der Waals surface area contributed by atoms with Gasteiger partial charge in [0.2, 0.25) is 0 Å². The lowest BCUT2D eigenvalue weighted by molar-refractivity contribution is 0.437. The van der Waals surface area contributed by atoms with Crippen molar-refractivity contribution in [1.82, 2.24) is 15.0 Å². The van der Waals surface area contributed by atoms with Crippen molar-refractivity contribution in [3.63, 3.8) is 0 Å². The molecule has 1 aliphatic carbocycles. The van der Waals surface area contributed by atoms with E-state index in [2.05, 4.69) is 21.0 Å². The lowest BCUT2D eigenvalue weighted by Gasteiger charge is -2.19. The second-order valence-corrected chi connectivity index (χ2v) is 4.83. The zero-order chi connectivity index (χ0) is 11.2. The van der Waals surface area contributed by atoms with E-state index in [1.165, 1.54) is 12.8 Å². The summed E-state index contributed by atoms with van der Waals surface area (Å²) in [6.07, 6.45) is 6.27. The number of pyridine rings is 1. The van der Waals surface area contributed by atoms with Crippen molar-refractivity contribution in [2.75, 3.05) is 0 Å². The normalized spacial score (nSPS) is 19.4. The van der Waals surface area contributed by atoms with Gasteiger partial charge in [-0.1, -0.05) is 12.8 Å². The minimum absolute atomic E-state index is 0.255. The summed E-state index contributed by atoms with van der Waals surface area (Å²) in [5.74, 6) is 0.901. The van der Waals surface area contributed by atoms with Crippen molar-refractivity contribution < 1.29 is 0 Å². The van der Waals surface area contributed by atoms with Crippen LogP contribution in [0.5, 0.6) is 0 Å². The summed E-state index contributed by atoms with van der Waals surface area (Å²) in [6, 6.07) is 2.07. The van der Waals surface area contributed by atoms with Crippen molar-refractivity contribution in [2.45, 2.75) is 38.1 Å². The van der Waals surface area contributed by atoms with Gasteiger partial charge >= 0.3 is 0 Å². The van der Waals surface area contributed by atoms with Gasteiger partial charge in [-0.25, -0.2) is 9.97 Å². The molecule has 84 valence electrons. The highest BCUT2D eigenvalue weighted by Gasteiger charge is 2.34. The molecule has 2 aromatic heterocycles. The molecule has 0 amide bonds. The minimum atomic E-state index is -0.255. The van der Waals surface area contributed by atoms with E-state index < -0.39 is 0 Å². The van der Waals surface area contributed by atoms with E-state index in [0.717, 1.165) is 35.4 Å². The zero-order valence-corrected chi connectivity index (χ0v) is 9.45. The predicted octanol–water partition coefficient (Wildman–Crippen LogP) is 1.99. The van der Waals surface area contributed by atoms with Crippen LogP contribution in [0.15, 0.2) is 12.3 Å². The molecule has 2 aromatic rings. The van der Waals surface area contributed by atoms with E-state index in [4.69, 9.17) is 5.73 Å². The van der Waals surface area contributed by atoms with Gasteiger partial charge in [0, 0.05) is 6.20 Å². The topological polar surface area (TPSA) is 67.6 Å². The van der Waals surface area contributed by atoms with Gasteiger partial charge in [-0.2, -0.15) is 0 Å². The summed E-state index contributed by atoms with van der Waals surface area (Å²) in [5.41, 5.74) is 9.01. The molecule has 0 radical (unpaired) electrons. The largest absolute Gasteiger partial charge is 0.339 e. The lowest BCUT2D eigenvalue weighted by Crippen LogP contribution is -2.34. The molecule has 1 fully saturated rings. The third kappa shape index (κ3) is 1.41. The maximum absolute atomic E-state index is 6.36. The summed E-state index contributed by atoms with van der Waals surface area (Å²) < 4.78 is 0. The van der Waals surface area contributed by atoms with Gasteiger partial charge < -0.3 is 10.7 Å². The van der Waals surface area contributed by atoms with Crippen LogP contribution in [0.3, 0.4) is 0 Å². The van der Waals surface area contributed by atoms with Crippen LogP contribution in [0.25, 0.3) is 11.2 Å². The Balaban J connectivity index is 2.11. The third-order valence-electron chi connectivity index (χ3n) is 3.44. The zero-order valence-electron chi connectivity index (χ0n) is 9.45. The predicted molar refractivity (Wildman–Crippen MR) is 63.0 cm³/mol. The van der Waals surface area contributed by atoms with Crippen LogP contribution in [0, 0.1) is 6.92 Å². The van der Waals surface area contributed by atoms with E-state index in [1.807, 2.05) is 13.1 Å². The molecular weight excluding hydrogens is 200 g/mol. The van der Waals surface area contributed by atoms with Gasteiger partial charge in [-0.15, -0.1) is 0 Å². The van der Waals surface area contributed by atoms with E-state index >= 15 is 0 Å². The molecule has 3 N–H and O–H groups in total. The maximum Gasteiger partial charge on any atom is 0.177 e. The Morgan fingerprint density at radius 2 is 2.12 bits per heavy atom. The molecule has 4 heteroatoms. The molecule has 0 aromatic carbocycles. The number of rotatable bonds is 1. The van der Waals surface area contributed by atoms with Crippen molar-refractivity contribution in [2.24, 2.45) is 5.73 Å². The third-order valence-corrected chi connectivity index (χ3v) is 3.44. The van der Waals surface area contributed by atoms with Gasteiger partial charge in [0.15, 0.2) is 5.65 Å². The molecule has 1 aliphatic rings. The summed E-state index contributed by atoms with van der Waals surface area (Å²) >= 11 is 0. The molecule has 4 nitrogen and oxygen atoms in total.